The second-order valence-electron chi connectivity index (χ2n) is 3.91. The number of nitrogens with zero attached hydrogens (tertiary/aromatic N) is 1. The van der Waals surface area contributed by atoms with E-state index in [9.17, 15) is 8.42 Å². The SMILES string of the molecule is CC1CN(S(=O)(=O)c2cc(Cl)c(Br)s2)CCN1. The minimum Gasteiger partial charge on any atom is -0.312 e. The zero-order chi connectivity index (χ0) is 12.6. The summed E-state index contributed by atoms with van der Waals surface area (Å²) in [6.07, 6.45) is 0. The van der Waals surface area contributed by atoms with E-state index in [2.05, 4.69) is 21.2 Å². The van der Waals surface area contributed by atoms with Gasteiger partial charge < -0.3 is 5.32 Å². The fourth-order valence-corrected chi connectivity index (χ4v) is 5.78. The predicted octanol–water partition coefficient (Wildman–Crippen LogP) is 2.15. The van der Waals surface area contributed by atoms with Crippen molar-refractivity contribution in [1.29, 1.82) is 0 Å². The van der Waals surface area contributed by atoms with Gasteiger partial charge in [0.25, 0.3) is 10.0 Å². The highest BCUT2D eigenvalue weighted by atomic mass is 79.9. The smallest absolute Gasteiger partial charge is 0.252 e. The van der Waals surface area contributed by atoms with E-state index in [4.69, 9.17) is 11.6 Å². The molecule has 1 atom stereocenters. The fraction of sp³-hybridized carbons (Fsp3) is 0.556. The van der Waals surface area contributed by atoms with Gasteiger partial charge in [-0.1, -0.05) is 11.6 Å². The molecule has 17 heavy (non-hydrogen) atoms. The van der Waals surface area contributed by atoms with Crippen molar-refractivity contribution < 1.29 is 8.42 Å². The van der Waals surface area contributed by atoms with Gasteiger partial charge in [-0.2, -0.15) is 4.31 Å². The Bertz CT molecular complexity index is 498. The second kappa shape index (κ2) is 5.14. The number of nitrogens with one attached hydrogen (secondary N) is 1. The summed E-state index contributed by atoms with van der Waals surface area (Å²) in [5.41, 5.74) is 0. The zero-order valence-electron chi connectivity index (χ0n) is 9.11. The molecule has 96 valence electrons. The van der Waals surface area contributed by atoms with Crippen molar-refractivity contribution in [1.82, 2.24) is 9.62 Å². The number of thiophene rings is 1. The van der Waals surface area contributed by atoms with Crippen LogP contribution in [0.1, 0.15) is 6.92 Å². The highest BCUT2D eigenvalue weighted by molar-refractivity contribution is 9.11. The molecular formula is C9H12BrClN2O2S2. The van der Waals surface area contributed by atoms with E-state index in [-0.39, 0.29) is 6.04 Å². The maximum atomic E-state index is 12.3. The molecule has 0 saturated carbocycles. The molecule has 0 radical (unpaired) electrons. The molecular weight excluding hydrogens is 348 g/mol. The van der Waals surface area contributed by atoms with Gasteiger partial charge in [0.1, 0.15) is 4.21 Å². The van der Waals surface area contributed by atoms with Gasteiger partial charge in [0.2, 0.25) is 0 Å². The van der Waals surface area contributed by atoms with Crippen LogP contribution in [-0.2, 0) is 10.0 Å². The molecule has 0 bridgehead atoms. The third-order valence-electron chi connectivity index (χ3n) is 2.55. The molecule has 8 heteroatoms. The maximum absolute atomic E-state index is 12.3. The van der Waals surface area contributed by atoms with Crippen LogP contribution in [0, 0.1) is 0 Å². The number of piperazine rings is 1. The number of rotatable bonds is 2. The van der Waals surface area contributed by atoms with Crippen LogP contribution in [0.25, 0.3) is 0 Å². The predicted molar refractivity (Wildman–Crippen MR) is 73.3 cm³/mol. The summed E-state index contributed by atoms with van der Waals surface area (Å²) in [5, 5.41) is 3.66. The topological polar surface area (TPSA) is 49.4 Å². The Hall–Kier alpha value is 0.340. The lowest BCUT2D eigenvalue weighted by Gasteiger charge is -2.30. The molecule has 0 amide bonds. The van der Waals surface area contributed by atoms with Gasteiger partial charge >= 0.3 is 0 Å². The average molecular weight is 360 g/mol. The molecule has 1 aromatic heterocycles. The molecule has 1 fully saturated rings. The molecule has 0 aromatic carbocycles. The van der Waals surface area contributed by atoms with Crippen molar-refractivity contribution in [2.45, 2.75) is 17.2 Å². The molecule has 2 heterocycles. The van der Waals surface area contributed by atoms with Crippen LogP contribution in [0.5, 0.6) is 0 Å². The third kappa shape index (κ3) is 2.85. The van der Waals surface area contributed by atoms with Crippen molar-refractivity contribution in [2.24, 2.45) is 0 Å². The number of hydrogen-bond donors (Lipinski definition) is 1. The van der Waals surface area contributed by atoms with E-state index < -0.39 is 10.0 Å². The van der Waals surface area contributed by atoms with Crippen molar-refractivity contribution in [3.05, 3.63) is 14.9 Å². The van der Waals surface area contributed by atoms with Crippen LogP contribution in [0.4, 0.5) is 0 Å². The molecule has 0 spiro atoms. The highest BCUT2D eigenvalue weighted by Crippen LogP contribution is 2.36. The van der Waals surface area contributed by atoms with E-state index in [1.807, 2.05) is 6.92 Å². The second-order valence-corrected chi connectivity index (χ2v) is 8.85. The maximum Gasteiger partial charge on any atom is 0.252 e. The first-order valence-corrected chi connectivity index (χ1v) is 8.52. The van der Waals surface area contributed by atoms with E-state index in [1.54, 1.807) is 0 Å². The van der Waals surface area contributed by atoms with Gasteiger partial charge in [-0.3, -0.25) is 0 Å². The summed E-state index contributed by atoms with van der Waals surface area (Å²) in [5.74, 6) is 0. The normalized spacial score (nSPS) is 22.9. The first-order chi connectivity index (χ1) is 7.91. The minimum absolute atomic E-state index is 0.178. The van der Waals surface area contributed by atoms with Gasteiger partial charge in [-0.25, -0.2) is 8.42 Å². The minimum atomic E-state index is -3.40. The molecule has 4 nitrogen and oxygen atoms in total. The Labute approximate surface area is 118 Å². The summed E-state index contributed by atoms with van der Waals surface area (Å²) in [6, 6.07) is 1.68. The quantitative estimate of drug-likeness (QED) is 0.880. The molecule has 0 aliphatic carbocycles. The lowest BCUT2D eigenvalue weighted by atomic mass is 10.3. The van der Waals surface area contributed by atoms with Crippen molar-refractivity contribution in [3.63, 3.8) is 0 Å². The standard InChI is InChI=1S/C9H12BrClN2O2S2/c1-6-5-13(3-2-12-6)17(14,15)8-4-7(11)9(10)16-8/h4,6,12H,2-3,5H2,1H3. The Morgan fingerprint density at radius 2 is 2.35 bits per heavy atom. The van der Waals surface area contributed by atoms with E-state index in [1.165, 1.54) is 10.4 Å². The molecule has 1 N–H and O–H groups in total. The van der Waals surface area contributed by atoms with Crippen LogP contribution in [0.15, 0.2) is 14.1 Å². The lowest BCUT2D eigenvalue weighted by molar-refractivity contribution is 0.311. The Morgan fingerprint density at radius 1 is 1.65 bits per heavy atom. The van der Waals surface area contributed by atoms with Gasteiger partial charge in [0, 0.05) is 25.7 Å². The van der Waals surface area contributed by atoms with E-state index >= 15 is 0 Å². The van der Waals surface area contributed by atoms with Crippen molar-refractivity contribution in [2.75, 3.05) is 19.6 Å². The number of sulfonamides is 1. The van der Waals surface area contributed by atoms with E-state index in [0.717, 1.165) is 11.3 Å². The molecule has 1 aliphatic rings. The van der Waals surface area contributed by atoms with Crippen molar-refractivity contribution in [3.8, 4) is 0 Å². The first-order valence-electron chi connectivity index (χ1n) is 5.09. The first kappa shape index (κ1) is 13.8. The third-order valence-corrected chi connectivity index (χ3v) is 7.34. The van der Waals surface area contributed by atoms with Crippen molar-refractivity contribution >= 4 is 48.9 Å². The molecule has 1 aromatic rings. The largest absolute Gasteiger partial charge is 0.312 e. The monoisotopic (exact) mass is 358 g/mol. The van der Waals surface area contributed by atoms with Crippen LogP contribution < -0.4 is 5.32 Å². The average Bonchev–Trinajstić information content (AvgIpc) is 2.60. The summed E-state index contributed by atoms with van der Waals surface area (Å²) in [7, 11) is -3.40. The van der Waals surface area contributed by atoms with Crippen LogP contribution in [0.3, 0.4) is 0 Å². The van der Waals surface area contributed by atoms with Crippen LogP contribution >= 0.6 is 38.9 Å². The molecule has 1 saturated heterocycles. The summed E-state index contributed by atoms with van der Waals surface area (Å²) in [6.45, 7) is 3.65. The lowest BCUT2D eigenvalue weighted by Crippen LogP contribution is -2.51. The number of halogens is 2. The Morgan fingerprint density at radius 3 is 2.88 bits per heavy atom. The van der Waals surface area contributed by atoms with E-state index in [0.29, 0.717) is 32.7 Å². The fourth-order valence-electron chi connectivity index (χ4n) is 1.70. The molecule has 1 aliphatic heterocycles. The number of hydrogen-bond acceptors (Lipinski definition) is 4. The summed E-state index contributed by atoms with van der Waals surface area (Å²) >= 11 is 10.3. The zero-order valence-corrected chi connectivity index (χ0v) is 13.1. The Kier molecular flexibility index (Phi) is 4.16. The van der Waals surface area contributed by atoms with Gasteiger partial charge in [-0.15, -0.1) is 11.3 Å². The summed E-state index contributed by atoms with van der Waals surface area (Å²) < 4.78 is 27.1. The van der Waals surface area contributed by atoms with Crippen LogP contribution in [-0.4, -0.2) is 38.4 Å². The van der Waals surface area contributed by atoms with Gasteiger partial charge in [0.05, 0.1) is 8.81 Å². The summed E-state index contributed by atoms with van der Waals surface area (Å²) in [4.78, 5) is 0. The molecule has 2 rings (SSSR count). The van der Waals surface area contributed by atoms with Crippen LogP contribution in [0.2, 0.25) is 5.02 Å². The molecule has 1 unspecified atom stereocenters. The highest BCUT2D eigenvalue weighted by Gasteiger charge is 2.30. The Balaban J connectivity index is 2.29. The van der Waals surface area contributed by atoms with Gasteiger partial charge in [-0.05, 0) is 28.9 Å². The van der Waals surface area contributed by atoms with Gasteiger partial charge in [0.15, 0.2) is 0 Å².